The summed E-state index contributed by atoms with van der Waals surface area (Å²) in [6.07, 6.45) is 7.83. The molecule has 3 aromatic rings. The summed E-state index contributed by atoms with van der Waals surface area (Å²) in [5.41, 5.74) is 3.67. The molecule has 32 heavy (non-hydrogen) atoms. The van der Waals surface area contributed by atoms with Gasteiger partial charge in [-0.2, -0.15) is 0 Å². The smallest absolute Gasteiger partial charge is 0.261 e. The first-order valence-corrected chi connectivity index (χ1v) is 10.7. The van der Waals surface area contributed by atoms with Crippen molar-refractivity contribution in [1.82, 2.24) is 4.90 Å². The number of nitrogens with one attached hydrogen (secondary N) is 1. The van der Waals surface area contributed by atoms with Crippen LogP contribution in [-0.2, 0) is 11.2 Å². The standard InChI is InChI=1S/C24H23N3O5/c28-22(16-3-8-26(9-4-16)23(29)18-6-11-31-14-18)25-20-1-2-21-17(13-20)5-10-27(21)24(30)19-7-12-32-15-19/h1-2,6-7,11-16H,3-5,8-10H2,(H,25,28). The van der Waals surface area contributed by atoms with E-state index in [1.165, 1.54) is 25.1 Å². The lowest BCUT2D eigenvalue weighted by Crippen LogP contribution is -2.41. The van der Waals surface area contributed by atoms with Gasteiger partial charge in [0.1, 0.15) is 12.5 Å². The van der Waals surface area contributed by atoms with Crippen LogP contribution >= 0.6 is 0 Å². The second kappa shape index (κ2) is 8.37. The average Bonchev–Trinajstić information content (AvgIpc) is 3.60. The molecule has 0 unspecified atom stereocenters. The van der Waals surface area contributed by atoms with E-state index >= 15 is 0 Å². The number of furan rings is 2. The van der Waals surface area contributed by atoms with Gasteiger partial charge in [0.05, 0.1) is 23.7 Å². The van der Waals surface area contributed by atoms with Crippen LogP contribution in [0.4, 0.5) is 11.4 Å². The summed E-state index contributed by atoms with van der Waals surface area (Å²) in [5, 5.41) is 3.01. The summed E-state index contributed by atoms with van der Waals surface area (Å²) in [5.74, 6) is -0.336. The molecule has 0 saturated carbocycles. The number of carbonyl (C=O) groups is 3. The van der Waals surface area contributed by atoms with E-state index in [4.69, 9.17) is 8.83 Å². The first-order chi connectivity index (χ1) is 15.6. The third-order valence-corrected chi connectivity index (χ3v) is 6.18. The highest BCUT2D eigenvalue weighted by Crippen LogP contribution is 2.32. The number of nitrogens with zero attached hydrogens (tertiary/aromatic N) is 2. The van der Waals surface area contributed by atoms with E-state index < -0.39 is 0 Å². The molecular formula is C24H23N3O5. The molecule has 164 valence electrons. The Bertz CT molecular complexity index is 1130. The molecule has 4 heterocycles. The molecule has 1 aromatic carbocycles. The normalized spacial score (nSPS) is 16.1. The van der Waals surface area contributed by atoms with Crippen molar-refractivity contribution in [2.45, 2.75) is 19.3 Å². The highest BCUT2D eigenvalue weighted by atomic mass is 16.3. The Hall–Kier alpha value is -3.81. The molecule has 0 spiro atoms. The molecule has 3 amide bonds. The van der Waals surface area contributed by atoms with Crippen molar-refractivity contribution in [3.8, 4) is 0 Å². The van der Waals surface area contributed by atoms with Crippen molar-refractivity contribution >= 4 is 29.1 Å². The van der Waals surface area contributed by atoms with Gasteiger partial charge < -0.3 is 24.0 Å². The van der Waals surface area contributed by atoms with Crippen molar-refractivity contribution in [3.63, 3.8) is 0 Å². The maximum absolute atomic E-state index is 12.8. The number of amides is 3. The second-order valence-corrected chi connectivity index (χ2v) is 8.13. The van der Waals surface area contributed by atoms with Crippen LogP contribution in [0.3, 0.4) is 0 Å². The Morgan fingerprint density at radius 1 is 0.875 bits per heavy atom. The van der Waals surface area contributed by atoms with E-state index in [0.717, 1.165) is 23.4 Å². The van der Waals surface area contributed by atoms with Gasteiger partial charge in [-0.25, -0.2) is 0 Å². The molecule has 2 aliphatic heterocycles. The van der Waals surface area contributed by atoms with Crippen molar-refractivity contribution in [2.24, 2.45) is 5.92 Å². The van der Waals surface area contributed by atoms with Gasteiger partial charge in [-0.15, -0.1) is 0 Å². The van der Waals surface area contributed by atoms with Gasteiger partial charge in [0.2, 0.25) is 5.91 Å². The summed E-state index contributed by atoms with van der Waals surface area (Å²) in [4.78, 5) is 41.4. The zero-order valence-electron chi connectivity index (χ0n) is 17.5. The Balaban J connectivity index is 1.19. The largest absolute Gasteiger partial charge is 0.472 e. The van der Waals surface area contributed by atoms with Crippen LogP contribution < -0.4 is 10.2 Å². The molecular weight excluding hydrogens is 410 g/mol. The monoisotopic (exact) mass is 433 g/mol. The molecule has 8 heteroatoms. The molecule has 0 radical (unpaired) electrons. The zero-order chi connectivity index (χ0) is 22.1. The van der Waals surface area contributed by atoms with Crippen molar-refractivity contribution in [2.75, 3.05) is 29.9 Å². The van der Waals surface area contributed by atoms with Crippen LogP contribution in [0, 0.1) is 5.92 Å². The number of carbonyl (C=O) groups excluding carboxylic acids is 3. The topological polar surface area (TPSA) is 96.0 Å². The van der Waals surface area contributed by atoms with Gasteiger partial charge in [0.25, 0.3) is 11.8 Å². The van der Waals surface area contributed by atoms with Gasteiger partial charge in [0.15, 0.2) is 0 Å². The molecule has 1 saturated heterocycles. The minimum absolute atomic E-state index is 0.0373. The molecule has 8 nitrogen and oxygen atoms in total. The summed E-state index contributed by atoms with van der Waals surface area (Å²) < 4.78 is 10.0. The van der Waals surface area contributed by atoms with Crippen LogP contribution in [0.25, 0.3) is 0 Å². The van der Waals surface area contributed by atoms with E-state index in [2.05, 4.69) is 5.32 Å². The Morgan fingerprint density at radius 3 is 2.22 bits per heavy atom. The fraction of sp³-hybridized carbons (Fsp3) is 0.292. The third-order valence-electron chi connectivity index (χ3n) is 6.18. The fourth-order valence-electron chi connectivity index (χ4n) is 4.39. The molecule has 2 aliphatic rings. The first kappa shape index (κ1) is 20.1. The van der Waals surface area contributed by atoms with Gasteiger partial charge in [-0.1, -0.05) is 0 Å². The molecule has 1 N–H and O–H groups in total. The lowest BCUT2D eigenvalue weighted by Gasteiger charge is -2.31. The molecule has 2 aromatic heterocycles. The highest BCUT2D eigenvalue weighted by molar-refractivity contribution is 6.07. The number of benzene rings is 1. The Kier molecular flexibility index (Phi) is 5.26. The van der Waals surface area contributed by atoms with E-state index in [0.29, 0.717) is 43.6 Å². The molecule has 0 atom stereocenters. The van der Waals surface area contributed by atoms with Gasteiger partial charge in [0, 0.05) is 36.9 Å². The van der Waals surface area contributed by atoms with Crippen molar-refractivity contribution in [3.05, 3.63) is 72.1 Å². The van der Waals surface area contributed by atoms with Crippen LogP contribution in [0.15, 0.2) is 64.2 Å². The lowest BCUT2D eigenvalue weighted by atomic mass is 9.95. The lowest BCUT2D eigenvalue weighted by molar-refractivity contribution is -0.121. The summed E-state index contributed by atoms with van der Waals surface area (Å²) in [7, 11) is 0. The van der Waals surface area contributed by atoms with Crippen LogP contribution in [0.5, 0.6) is 0 Å². The molecule has 5 rings (SSSR count). The Morgan fingerprint density at radius 2 is 1.56 bits per heavy atom. The fourth-order valence-corrected chi connectivity index (χ4v) is 4.39. The second-order valence-electron chi connectivity index (χ2n) is 8.13. The minimum Gasteiger partial charge on any atom is -0.472 e. The number of piperidine rings is 1. The summed E-state index contributed by atoms with van der Waals surface area (Å²) >= 11 is 0. The predicted octanol–water partition coefficient (Wildman–Crippen LogP) is 3.57. The van der Waals surface area contributed by atoms with Crippen molar-refractivity contribution < 1.29 is 23.2 Å². The van der Waals surface area contributed by atoms with E-state index in [-0.39, 0.29) is 23.6 Å². The number of likely N-dealkylation sites (tertiary alicyclic amines) is 1. The number of hydrogen-bond donors (Lipinski definition) is 1. The van der Waals surface area contributed by atoms with Gasteiger partial charge in [-0.05, 0) is 55.2 Å². The number of rotatable bonds is 4. The Labute approximate surface area is 184 Å². The quantitative estimate of drug-likeness (QED) is 0.679. The zero-order valence-corrected chi connectivity index (χ0v) is 17.5. The van der Waals surface area contributed by atoms with Gasteiger partial charge in [-0.3, -0.25) is 14.4 Å². The summed E-state index contributed by atoms with van der Waals surface area (Å²) in [6.45, 7) is 1.68. The van der Waals surface area contributed by atoms with Crippen molar-refractivity contribution in [1.29, 1.82) is 0 Å². The maximum atomic E-state index is 12.8. The average molecular weight is 433 g/mol. The predicted molar refractivity (Wildman–Crippen MR) is 116 cm³/mol. The first-order valence-electron chi connectivity index (χ1n) is 10.7. The van der Waals surface area contributed by atoms with E-state index in [9.17, 15) is 14.4 Å². The van der Waals surface area contributed by atoms with Crippen LogP contribution in [-0.4, -0.2) is 42.3 Å². The molecule has 0 aliphatic carbocycles. The van der Waals surface area contributed by atoms with Crippen LogP contribution in [0.1, 0.15) is 39.1 Å². The van der Waals surface area contributed by atoms with E-state index in [1.807, 2.05) is 18.2 Å². The number of anilines is 2. The summed E-state index contributed by atoms with van der Waals surface area (Å²) in [6, 6.07) is 8.95. The highest BCUT2D eigenvalue weighted by Gasteiger charge is 2.29. The molecule has 0 bridgehead atoms. The minimum atomic E-state index is -0.143. The van der Waals surface area contributed by atoms with Gasteiger partial charge >= 0.3 is 0 Å². The molecule has 1 fully saturated rings. The van der Waals surface area contributed by atoms with Crippen LogP contribution in [0.2, 0.25) is 0 Å². The maximum Gasteiger partial charge on any atom is 0.261 e. The third kappa shape index (κ3) is 3.79. The SMILES string of the molecule is O=C(Nc1ccc2c(c1)CCN2C(=O)c1ccoc1)C1CCN(C(=O)c2ccoc2)CC1. The number of hydrogen-bond acceptors (Lipinski definition) is 5. The van der Waals surface area contributed by atoms with E-state index in [1.54, 1.807) is 21.9 Å². The number of fused-ring (bicyclic) bond motifs is 1.